The molecule has 0 saturated heterocycles. The van der Waals surface area contributed by atoms with Gasteiger partial charge in [0.05, 0.1) is 16.7 Å². The third-order valence-corrected chi connectivity index (χ3v) is 9.87. The van der Waals surface area contributed by atoms with Crippen LogP contribution in [0.2, 0.25) is 0 Å². The molecule has 6 heteroatoms. The molecule has 50 heavy (non-hydrogen) atoms. The third-order valence-electron chi connectivity index (χ3n) is 9.87. The van der Waals surface area contributed by atoms with Crippen LogP contribution >= 0.6 is 0 Å². The van der Waals surface area contributed by atoms with Crippen molar-refractivity contribution in [3.8, 4) is 67.8 Å². The average molecular weight is 642 g/mol. The predicted octanol–water partition coefficient (Wildman–Crippen LogP) is 9.80. The maximum Gasteiger partial charge on any atom is 0.167 e. The van der Waals surface area contributed by atoms with E-state index in [4.69, 9.17) is 19.7 Å². The number of benzene rings is 5. The highest BCUT2D eigenvalue weighted by Crippen LogP contribution is 2.64. The molecule has 1 spiro atoms. The van der Waals surface area contributed by atoms with E-state index in [1.54, 1.807) is 12.5 Å². The van der Waals surface area contributed by atoms with Crippen molar-refractivity contribution in [2.75, 3.05) is 0 Å². The maximum absolute atomic E-state index is 7.22. The lowest BCUT2D eigenvalue weighted by molar-refractivity contribution is 0.439. The van der Waals surface area contributed by atoms with Crippen molar-refractivity contribution in [1.29, 1.82) is 0 Å². The molecule has 1 aliphatic heterocycles. The highest BCUT2D eigenvalue weighted by Gasteiger charge is 2.52. The van der Waals surface area contributed by atoms with Crippen LogP contribution in [-0.2, 0) is 5.41 Å². The van der Waals surface area contributed by atoms with Gasteiger partial charge in [-0.15, -0.1) is 0 Å². The van der Waals surface area contributed by atoms with Crippen LogP contribution in [0.5, 0.6) is 11.5 Å². The van der Waals surface area contributed by atoms with Crippen LogP contribution in [0.4, 0.5) is 0 Å². The summed E-state index contributed by atoms with van der Waals surface area (Å²) in [5.74, 6) is 2.68. The van der Waals surface area contributed by atoms with Crippen LogP contribution in [-0.4, -0.2) is 24.9 Å². The van der Waals surface area contributed by atoms with E-state index in [1.165, 1.54) is 22.3 Å². The van der Waals surface area contributed by atoms with Gasteiger partial charge in [0.2, 0.25) is 0 Å². The van der Waals surface area contributed by atoms with Gasteiger partial charge in [0, 0.05) is 46.4 Å². The van der Waals surface area contributed by atoms with E-state index in [-0.39, 0.29) is 0 Å². The molecule has 10 rings (SSSR count). The van der Waals surface area contributed by atoms with Crippen molar-refractivity contribution in [3.05, 3.63) is 187 Å². The molecular formula is C44H27N5O. The molecule has 8 aromatic rings. The lowest BCUT2D eigenvalue weighted by Crippen LogP contribution is -2.32. The molecular weight excluding hydrogens is 615 g/mol. The van der Waals surface area contributed by atoms with E-state index < -0.39 is 5.41 Å². The zero-order valence-corrected chi connectivity index (χ0v) is 26.7. The van der Waals surface area contributed by atoms with Gasteiger partial charge < -0.3 is 4.74 Å². The lowest BCUT2D eigenvalue weighted by atomic mass is 9.65. The fraction of sp³-hybridized carbons (Fsp3) is 0.0227. The molecule has 2 aliphatic rings. The number of hydrogen-bond donors (Lipinski definition) is 0. The van der Waals surface area contributed by atoms with Crippen molar-refractivity contribution >= 4 is 0 Å². The Hall–Kier alpha value is -6.79. The first kappa shape index (κ1) is 28.2. The van der Waals surface area contributed by atoms with Crippen molar-refractivity contribution in [2.45, 2.75) is 5.41 Å². The standard InChI is InChI=1S/C44H27N5O/c1-2-11-28(12-3-1)42-47-27-48-43(49-42)34-17-9-21-38-41(34)50-40-31(29-22-24-46-39(25-29)30-13-10-23-45-26-30)16-8-20-37(40)44(38)35-18-6-4-14-32(35)33-15-5-7-19-36(33)44/h1-27H. The normalized spacial score (nSPS) is 13.1. The minimum absolute atomic E-state index is 0.550. The van der Waals surface area contributed by atoms with Gasteiger partial charge in [0.25, 0.3) is 0 Å². The smallest absolute Gasteiger partial charge is 0.167 e. The summed E-state index contributed by atoms with van der Waals surface area (Å²) in [5.41, 5.74) is 11.8. The van der Waals surface area contributed by atoms with E-state index in [9.17, 15) is 0 Å². The minimum Gasteiger partial charge on any atom is -0.455 e. The number of hydrogen-bond acceptors (Lipinski definition) is 6. The Balaban J connectivity index is 1.27. The Bertz CT molecular complexity index is 2410. The monoisotopic (exact) mass is 641 g/mol. The molecule has 0 amide bonds. The number of aromatic nitrogens is 5. The zero-order valence-electron chi connectivity index (χ0n) is 26.7. The third kappa shape index (κ3) is 4.12. The van der Waals surface area contributed by atoms with Crippen LogP contribution in [0.1, 0.15) is 22.3 Å². The molecule has 1 aliphatic carbocycles. The Labute approximate surface area is 288 Å². The van der Waals surface area contributed by atoms with Crippen molar-refractivity contribution in [2.24, 2.45) is 0 Å². The fourth-order valence-corrected chi connectivity index (χ4v) is 7.77. The highest BCUT2D eigenvalue weighted by atomic mass is 16.5. The highest BCUT2D eigenvalue weighted by molar-refractivity contribution is 5.92. The van der Waals surface area contributed by atoms with Crippen LogP contribution in [0.3, 0.4) is 0 Å². The van der Waals surface area contributed by atoms with Gasteiger partial charge in [-0.05, 0) is 58.1 Å². The number of nitrogens with zero attached hydrogens (tertiary/aromatic N) is 5. The number of ether oxygens (including phenoxy) is 1. The molecule has 0 N–H and O–H groups in total. The van der Waals surface area contributed by atoms with Gasteiger partial charge in [-0.25, -0.2) is 15.0 Å². The van der Waals surface area contributed by atoms with E-state index in [0.717, 1.165) is 56.1 Å². The zero-order chi connectivity index (χ0) is 33.1. The molecule has 234 valence electrons. The molecule has 0 fully saturated rings. The van der Waals surface area contributed by atoms with E-state index >= 15 is 0 Å². The van der Waals surface area contributed by atoms with Crippen molar-refractivity contribution in [1.82, 2.24) is 24.9 Å². The fourth-order valence-electron chi connectivity index (χ4n) is 7.77. The summed E-state index contributed by atoms with van der Waals surface area (Å²) >= 11 is 0. The molecule has 0 saturated carbocycles. The molecule has 6 nitrogen and oxygen atoms in total. The molecule has 0 bridgehead atoms. The average Bonchev–Trinajstić information content (AvgIpc) is 3.49. The quantitative estimate of drug-likeness (QED) is 0.191. The first-order valence-electron chi connectivity index (χ1n) is 16.6. The second kappa shape index (κ2) is 11.1. The number of rotatable bonds is 4. The van der Waals surface area contributed by atoms with Gasteiger partial charge >= 0.3 is 0 Å². The molecule has 0 unspecified atom stereocenters. The van der Waals surface area contributed by atoms with E-state index in [0.29, 0.717) is 11.6 Å². The van der Waals surface area contributed by atoms with Crippen molar-refractivity contribution < 1.29 is 4.74 Å². The summed E-state index contributed by atoms with van der Waals surface area (Å²) in [5, 5.41) is 0. The van der Waals surface area contributed by atoms with Crippen LogP contribution in [0.25, 0.3) is 56.3 Å². The molecule has 0 atom stereocenters. The first-order valence-corrected chi connectivity index (χ1v) is 16.6. The van der Waals surface area contributed by atoms with Crippen LogP contribution in [0, 0.1) is 0 Å². The Morgan fingerprint density at radius 3 is 1.80 bits per heavy atom. The van der Waals surface area contributed by atoms with Crippen LogP contribution < -0.4 is 4.74 Å². The predicted molar refractivity (Wildman–Crippen MR) is 195 cm³/mol. The summed E-state index contributed by atoms with van der Waals surface area (Å²) in [6, 6.07) is 48.4. The SMILES string of the molecule is c1ccc(-c2ncnc(-c3cccc4c3Oc3c(-c5ccnc(-c6cccnc6)c5)cccc3C43c4ccccc4-c4ccccc43)n2)cc1. The van der Waals surface area contributed by atoms with Gasteiger partial charge in [0.15, 0.2) is 11.6 Å². The van der Waals surface area contributed by atoms with Gasteiger partial charge in [0.1, 0.15) is 17.8 Å². The Kier molecular flexibility index (Phi) is 6.29. The lowest BCUT2D eigenvalue weighted by Gasteiger charge is -2.40. The van der Waals surface area contributed by atoms with Crippen LogP contribution in [0.15, 0.2) is 164 Å². The van der Waals surface area contributed by atoms with Gasteiger partial charge in [-0.1, -0.05) is 109 Å². The number of fused-ring (bicyclic) bond motifs is 9. The Morgan fingerprint density at radius 1 is 0.440 bits per heavy atom. The summed E-state index contributed by atoms with van der Waals surface area (Å²) in [6.45, 7) is 0. The molecule has 3 aromatic heterocycles. The van der Waals surface area contributed by atoms with Gasteiger partial charge in [-0.2, -0.15) is 0 Å². The number of pyridine rings is 2. The minimum atomic E-state index is -0.656. The van der Waals surface area contributed by atoms with Crippen molar-refractivity contribution in [3.63, 3.8) is 0 Å². The van der Waals surface area contributed by atoms with E-state index in [1.807, 2.05) is 67.0 Å². The summed E-state index contributed by atoms with van der Waals surface area (Å²) < 4.78 is 7.22. The summed E-state index contributed by atoms with van der Waals surface area (Å²) in [7, 11) is 0. The number of para-hydroxylation sites is 2. The molecule has 0 radical (unpaired) electrons. The second-order valence-corrected chi connectivity index (χ2v) is 12.5. The molecule has 4 heterocycles. The largest absolute Gasteiger partial charge is 0.455 e. The molecule has 5 aromatic carbocycles. The second-order valence-electron chi connectivity index (χ2n) is 12.5. The summed E-state index contributed by atoms with van der Waals surface area (Å²) in [6.07, 6.45) is 7.05. The first-order chi connectivity index (χ1) is 24.8. The summed E-state index contributed by atoms with van der Waals surface area (Å²) in [4.78, 5) is 23.3. The Morgan fingerprint density at radius 2 is 1.06 bits per heavy atom. The van der Waals surface area contributed by atoms with E-state index in [2.05, 4.69) is 94.9 Å². The van der Waals surface area contributed by atoms with Gasteiger partial charge in [-0.3, -0.25) is 9.97 Å². The maximum atomic E-state index is 7.22. The topological polar surface area (TPSA) is 73.7 Å².